The molecule has 3 rings (SSSR count). The van der Waals surface area contributed by atoms with Gasteiger partial charge < -0.3 is 4.74 Å². The van der Waals surface area contributed by atoms with E-state index < -0.39 is 5.82 Å². The second-order valence-corrected chi connectivity index (χ2v) is 4.82. The number of aromatic nitrogens is 1. The molecule has 1 aromatic carbocycles. The van der Waals surface area contributed by atoms with Crippen LogP contribution in [0.3, 0.4) is 0 Å². The Hall–Kier alpha value is -2.23. The highest BCUT2D eigenvalue weighted by Gasteiger charge is 2.18. The van der Waals surface area contributed by atoms with E-state index in [-0.39, 0.29) is 5.78 Å². The van der Waals surface area contributed by atoms with Gasteiger partial charge in [0.15, 0.2) is 17.3 Å². The Bertz CT molecular complexity index is 640. The number of ketones is 1. The molecule has 0 amide bonds. The largest absolute Gasteiger partial charge is 0.490 e. The molecule has 0 N–H and O–H groups in total. The van der Waals surface area contributed by atoms with E-state index >= 15 is 0 Å². The molecule has 0 unspecified atom stereocenters. The van der Waals surface area contributed by atoms with Crippen molar-refractivity contribution >= 4 is 5.78 Å². The fraction of sp³-hybridized carbons (Fsp3) is 0.250. The molecule has 1 aromatic heterocycles. The van der Waals surface area contributed by atoms with E-state index in [1.165, 1.54) is 6.07 Å². The summed E-state index contributed by atoms with van der Waals surface area (Å²) in [5.74, 6) is -0.353. The molecule has 4 heteroatoms. The van der Waals surface area contributed by atoms with Crippen LogP contribution < -0.4 is 4.74 Å². The Labute approximate surface area is 116 Å². The summed E-state index contributed by atoms with van der Waals surface area (Å²) in [6.07, 6.45) is 5.69. The van der Waals surface area contributed by atoms with Crippen LogP contribution in [0.2, 0.25) is 0 Å². The smallest absolute Gasteiger partial charge is 0.193 e. The molecule has 20 heavy (non-hydrogen) atoms. The summed E-state index contributed by atoms with van der Waals surface area (Å²) in [4.78, 5) is 16.2. The minimum absolute atomic E-state index is 0.196. The molecule has 0 radical (unpaired) electrons. The Balaban J connectivity index is 2.01. The Morgan fingerprint density at radius 3 is 2.75 bits per heavy atom. The first-order valence-electron chi connectivity index (χ1n) is 6.65. The second kappa shape index (κ2) is 5.41. The lowest BCUT2D eigenvalue weighted by molar-refractivity contribution is 0.103. The Morgan fingerprint density at radius 2 is 1.95 bits per heavy atom. The summed E-state index contributed by atoms with van der Waals surface area (Å²) in [6, 6.07) is 6.25. The summed E-state index contributed by atoms with van der Waals surface area (Å²) in [5.41, 5.74) is 1.65. The van der Waals surface area contributed by atoms with Crippen LogP contribution in [0.25, 0.3) is 0 Å². The van der Waals surface area contributed by atoms with Crippen LogP contribution in [0, 0.1) is 5.82 Å². The van der Waals surface area contributed by atoms with Gasteiger partial charge in [0, 0.05) is 23.5 Å². The predicted octanol–water partition coefficient (Wildman–Crippen LogP) is 3.17. The lowest BCUT2D eigenvalue weighted by Gasteiger charge is -2.10. The van der Waals surface area contributed by atoms with Gasteiger partial charge in [-0.25, -0.2) is 4.39 Å². The second-order valence-electron chi connectivity index (χ2n) is 4.82. The third kappa shape index (κ3) is 2.41. The minimum atomic E-state index is -0.457. The lowest BCUT2D eigenvalue weighted by atomic mass is 9.99. The number of rotatable bonds is 2. The van der Waals surface area contributed by atoms with Crippen molar-refractivity contribution in [2.24, 2.45) is 0 Å². The number of nitrogens with zero attached hydrogens (tertiary/aromatic N) is 1. The molecule has 0 bridgehead atoms. The molecule has 1 aliphatic rings. The van der Waals surface area contributed by atoms with E-state index in [2.05, 4.69) is 4.98 Å². The highest BCUT2D eigenvalue weighted by atomic mass is 19.1. The van der Waals surface area contributed by atoms with Crippen LogP contribution in [-0.4, -0.2) is 17.4 Å². The molecule has 0 aliphatic carbocycles. The summed E-state index contributed by atoms with van der Waals surface area (Å²) in [6.45, 7) is 0.529. The molecular weight excluding hydrogens is 257 g/mol. The summed E-state index contributed by atoms with van der Waals surface area (Å²) < 4.78 is 19.5. The van der Waals surface area contributed by atoms with Gasteiger partial charge in [-0.15, -0.1) is 0 Å². The summed E-state index contributed by atoms with van der Waals surface area (Å²) in [7, 11) is 0. The maximum Gasteiger partial charge on any atom is 0.193 e. The number of hydrogen-bond acceptors (Lipinski definition) is 3. The van der Waals surface area contributed by atoms with Crippen molar-refractivity contribution in [2.45, 2.75) is 19.3 Å². The van der Waals surface area contributed by atoms with Crippen molar-refractivity contribution in [3.63, 3.8) is 0 Å². The number of fused-ring (bicyclic) bond motifs is 1. The van der Waals surface area contributed by atoms with E-state index in [1.54, 1.807) is 30.6 Å². The SMILES string of the molecule is O=C(c1ccncc1)c1cc(F)c2c(c1)CCCCO2. The molecule has 2 heterocycles. The number of carbonyl (C=O) groups is 1. The molecule has 3 nitrogen and oxygen atoms in total. The van der Waals surface area contributed by atoms with Crippen molar-refractivity contribution in [1.29, 1.82) is 0 Å². The van der Waals surface area contributed by atoms with Crippen LogP contribution in [-0.2, 0) is 6.42 Å². The maximum absolute atomic E-state index is 14.1. The monoisotopic (exact) mass is 271 g/mol. The number of hydrogen-bond donors (Lipinski definition) is 0. The maximum atomic E-state index is 14.1. The van der Waals surface area contributed by atoms with Gasteiger partial charge in [-0.1, -0.05) is 0 Å². The first-order chi connectivity index (χ1) is 9.75. The molecule has 1 aliphatic heterocycles. The van der Waals surface area contributed by atoms with Crippen molar-refractivity contribution in [1.82, 2.24) is 4.98 Å². The number of benzene rings is 1. The average Bonchev–Trinajstić information content (AvgIpc) is 2.73. The minimum Gasteiger partial charge on any atom is -0.490 e. The fourth-order valence-corrected chi connectivity index (χ4v) is 2.39. The van der Waals surface area contributed by atoms with Crippen molar-refractivity contribution in [3.8, 4) is 5.75 Å². The predicted molar refractivity (Wildman–Crippen MR) is 72.5 cm³/mol. The van der Waals surface area contributed by atoms with Crippen molar-refractivity contribution in [2.75, 3.05) is 6.61 Å². The Kier molecular flexibility index (Phi) is 3.46. The molecule has 0 spiro atoms. The number of pyridine rings is 1. The summed E-state index contributed by atoms with van der Waals surface area (Å²) >= 11 is 0. The fourth-order valence-electron chi connectivity index (χ4n) is 2.39. The standard InChI is InChI=1S/C16H14FNO2/c17-14-10-13(15(19)11-4-6-18-7-5-11)9-12-3-1-2-8-20-16(12)14/h4-7,9-10H,1-3,8H2. The van der Waals surface area contributed by atoms with Gasteiger partial charge >= 0.3 is 0 Å². The number of ether oxygens (including phenoxy) is 1. The lowest BCUT2D eigenvalue weighted by Crippen LogP contribution is -2.05. The third-order valence-corrected chi connectivity index (χ3v) is 3.41. The third-order valence-electron chi connectivity index (χ3n) is 3.41. The van der Waals surface area contributed by atoms with Crippen LogP contribution >= 0.6 is 0 Å². The van der Waals surface area contributed by atoms with E-state index in [4.69, 9.17) is 4.74 Å². The number of carbonyl (C=O) groups excluding carboxylic acids is 1. The normalized spacial score (nSPS) is 14.1. The van der Waals surface area contributed by atoms with Crippen LogP contribution in [0.5, 0.6) is 5.75 Å². The van der Waals surface area contributed by atoms with Crippen molar-refractivity contribution in [3.05, 3.63) is 59.2 Å². The highest BCUT2D eigenvalue weighted by molar-refractivity contribution is 6.09. The van der Waals surface area contributed by atoms with Gasteiger partial charge in [0.05, 0.1) is 6.61 Å². The Morgan fingerprint density at radius 1 is 1.15 bits per heavy atom. The highest BCUT2D eigenvalue weighted by Crippen LogP contribution is 2.29. The first-order valence-corrected chi connectivity index (χ1v) is 6.65. The number of halogens is 1. The first kappa shape index (κ1) is 12.8. The zero-order valence-electron chi connectivity index (χ0n) is 10.9. The molecule has 0 atom stereocenters. The molecule has 102 valence electrons. The topological polar surface area (TPSA) is 39.2 Å². The molecule has 2 aromatic rings. The average molecular weight is 271 g/mol. The number of aryl methyl sites for hydroxylation is 1. The van der Waals surface area contributed by atoms with Gasteiger partial charge in [-0.05, 0) is 49.1 Å². The summed E-state index contributed by atoms with van der Waals surface area (Å²) in [5, 5.41) is 0. The van der Waals surface area contributed by atoms with Gasteiger partial charge in [0.25, 0.3) is 0 Å². The van der Waals surface area contributed by atoms with Crippen molar-refractivity contribution < 1.29 is 13.9 Å². The zero-order valence-corrected chi connectivity index (χ0v) is 10.9. The molecule has 0 saturated heterocycles. The zero-order chi connectivity index (χ0) is 13.9. The van der Waals surface area contributed by atoms with Gasteiger partial charge in [-0.2, -0.15) is 0 Å². The molecule has 0 saturated carbocycles. The van der Waals surface area contributed by atoms with Crippen LogP contribution in [0.15, 0.2) is 36.7 Å². The van der Waals surface area contributed by atoms with E-state index in [9.17, 15) is 9.18 Å². The molecule has 0 fully saturated rings. The van der Waals surface area contributed by atoms with Gasteiger partial charge in [0.1, 0.15) is 0 Å². The molecular formula is C16H14FNO2. The van der Waals surface area contributed by atoms with Gasteiger partial charge in [0.2, 0.25) is 0 Å². The quantitative estimate of drug-likeness (QED) is 0.787. The van der Waals surface area contributed by atoms with Gasteiger partial charge in [-0.3, -0.25) is 9.78 Å². The van der Waals surface area contributed by atoms with Crippen LogP contribution in [0.4, 0.5) is 4.39 Å². The van der Waals surface area contributed by atoms with E-state index in [0.29, 0.717) is 23.5 Å². The van der Waals surface area contributed by atoms with E-state index in [1.807, 2.05) is 0 Å². The van der Waals surface area contributed by atoms with E-state index in [0.717, 1.165) is 24.8 Å². The van der Waals surface area contributed by atoms with Crippen LogP contribution in [0.1, 0.15) is 34.3 Å².